The van der Waals surface area contributed by atoms with Gasteiger partial charge < -0.3 is 18.9 Å². The van der Waals surface area contributed by atoms with Crippen LogP contribution in [0.5, 0.6) is 0 Å². The number of likely N-dealkylation sites (N-methyl/N-ethyl adjacent to an activating group) is 1. The lowest BCUT2D eigenvalue weighted by molar-refractivity contribution is -0.159. The van der Waals surface area contributed by atoms with Crippen LogP contribution >= 0.6 is 0 Å². The summed E-state index contributed by atoms with van der Waals surface area (Å²) in [6, 6.07) is 0. The highest BCUT2D eigenvalue weighted by atomic mass is 16.5. The first-order valence-corrected chi connectivity index (χ1v) is 7.71. The van der Waals surface area contributed by atoms with Crippen molar-refractivity contribution in [1.29, 1.82) is 0 Å². The maximum atomic E-state index is 11.6. The number of morpholine rings is 1. The van der Waals surface area contributed by atoms with E-state index < -0.39 is 0 Å². The first-order valence-electron chi connectivity index (χ1n) is 7.71. The number of likely N-dealkylation sites (tertiary alicyclic amines) is 1. The van der Waals surface area contributed by atoms with Crippen LogP contribution in [-0.2, 0) is 27.4 Å². The molecule has 1 aromatic rings. The van der Waals surface area contributed by atoms with Crippen molar-refractivity contribution < 1.29 is 14.3 Å². The van der Waals surface area contributed by atoms with Gasteiger partial charge in [0.1, 0.15) is 18.0 Å². The van der Waals surface area contributed by atoms with E-state index in [0.29, 0.717) is 13.2 Å². The van der Waals surface area contributed by atoms with Crippen LogP contribution in [0.4, 0.5) is 0 Å². The molecule has 0 bridgehead atoms. The highest BCUT2D eigenvalue weighted by Crippen LogP contribution is 2.29. The predicted octanol–water partition coefficient (Wildman–Crippen LogP) is -0.0374. The standard InChI is InChI=1S/C15H24N4O3/c1-17-11-15(22-10-14(17)20)3-5-18(12-15)9-13-16-4-6-19(13)7-8-21-2/h4,6H,3,5,7-12H2,1-2H3/t15-/m1/s1. The summed E-state index contributed by atoms with van der Waals surface area (Å²) in [5, 5.41) is 0. The molecule has 2 saturated heterocycles. The van der Waals surface area contributed by atoms with Gasteiger partial charge in [0.2, 0.25) is 5.91 Å². The topological polar surface area (TPSA) is 59.8 Å². The molecule has 122 valence electrons. The molecule has 1 spiro atoms. The van der Waals surface area contributed by atoms with Gasteiger partial charge in [-0.25, -0.2) is 4.98 Å². The van der Waals surface area contributed by atoms with E-state index in [-0.39, 0.29) is 18.1 Å². The lowest BCUT2D eigenvalue weighted by Gasteiger charge is -2.38. The monoisotopic (exact) mass is 308 g/mol. The van der Waals surface area contributed by atoms with E-state index in [1.54, 1.807) is 12.0 Å². The second kappa shape index (κ2) is 6.36. The number of imidazole rings is 1. The minimum absolute atomic E-state index is 0.0687. The van der Waals surface area contributed by atoms with E-state index in [0.717, 1.165) is 38.4 Å². The van der Waals surface area contributed by atoms with E-state index in [9.17, 15) is 4.79 Å². The second-order valence-electron chi connectivity index (χ2n) is 6.21. The van der Waals surface area contributed by atoms with E-state index in [4.69, 9.17) is 9.47 Å². The Labute approximate surface area is 130 Å². The van der Waals surface area contributed by atoms with Crippen LogP contribution in [0.15, 0.2) is 12.4 Å². The van der Waals surface area contributed by atoms with Crippen molar-refractivity contribution in [2.24, 2.45) is 0 Å². The quantitative estimate of drug-likeness (QED) is 0.764. The molecule has 3 heterocycles. The van der Waals surface area contributed by atoms with Crippen molar-refractivity contribution in [1.82, 2.24) is 19.4 Å². The molecule has 7 nitrogen and oxygen atoms in total. The molecule has 2 aliphatic heterocycles. The molecular formula is C15H24N4O3. The number of hydrogen-bond acceptors (Lipinski definition) is 5. The van der Waals surface area contributed by atoms with Gasteiger partial charge in [-0.2, -0.15) is 0 Å². The van der Waals surface area contributed by atoms with Crippen molar-refractivity contribution in [2.45, 2.75) is 25.1 Å². The lowest BCUT2D eigenvalue weighted by Crippen LogP contribution is -2.54. The maximum Gasteiger partial charge on any atom is 0.248 e. The molecule has 1 atom stereocenters. The Hall–Kier alpha value is -1.44. The average Bonchev–Trinajstić information content (AvgIpc) is 3.10. The number of carbonyl (C=O) groups is 1. The molecule has 0 aromatic carbocycles. The predicted molar refractivity (Wildman–Crippen MR) is 80.3 cm³/mol. The van der Waals surface area contributed by atoms with Gasteiger partial charge in [0.05, 0.1) is 19.7 Å². The van der Waals surface area contributed by atoms with Gasteiger partial charge in [0.15, 0.2) is 0 Å². The number of ether oxygens (including phenoxy) is 2. The Morgan fingerprint density at radius 1 is 1.45 bits per heavy atom. The van der Waals surface area contributed by atoms with Gasteiger partial charge in [-0.05, 0) is 6.42 Å². The fourth-order valence-electron chi connectivity index (χ4n) is 3.29. The smallest absolute Gasteiger partial charge is 0.248 e. The summed E-state index contributed by atoms with van der Waals surface area (Å²) in [5.74, 6) is 1.12. The normalized spacial score (nSPS) is 26.3. The Bertz CT molecular complexity index is 533. The molecule has 22 heavy (non-hydrogen) atoms. The zero-order valence-electron chi connectivity index (χ0n) is 13.3. The molecule has 2 aliphatic rings. The van der Waals surface area contributed by atoms with Crippen LogP contribution in [0.1, 0.15) is 12.2 Å². The van der Waals surface area contributed by atoms with E-state index in [1.807, 2.05) is 19.4 Å². The molecule has 0 radical (unpaired) electrons. The van der Waals surface area contributed by atoms with Crippen LogP contribution in [0, 0.1) is 0 Å². The Kier molecular flexibility index (Phi) is 4.46. The molecule has 2 fully saturated rings. The van der Waals surface area contributed by atoms with Gasteiger partial charge >= 0.3 is 0 Å². The first-order chi connectivity index (χ1) is 10.6. The average molecular weight is 308 g/mol. The maximum absolute atomic E-state index is 11.6. The number of aromatic nitrogens is 2. The van der Waals surface area contributed by atoms with E-state index >= 15 is 0 Å². The number of carbonyl (C=O) groups excluding carboxylic acids is 1. The van der Waals surface area contributed by atoms with Gasteiger partial charge in [0, 0.05) is 46.2 Å². The third kappa shape index (κ3) is 3.16. The number of rotatable bonds is 5. The highest BCUT2D eigenvalue weighted by Gasteiger charge is 2.44. The van der Waals surface area contributed by atoms with Crippen LogP contribution in [0.3, 0.4) is 0 Å². The Balaban J connectivity index is 1.59. The first kappa shape index (κ1) is 15.5. The molecule has 0 aliphatic carbocycles. The summed E-state index contributed by atoms with van der Waals surface area (Å²) >= 11 is 0. The number of nitrogens with zero attached hydrogens (tertiary/aromatic N) is 4. The molecule has 0 unspecified atom stereocenters. The minimum atomic E-state index is -0.202. The highest BCUT2D eigenvalue weighted by molar-refractivity contribution is 5.78. The fourth-order valence-corrected chi connectivity index (χ4v) is 3.29. The van der Waals surface area contributed by atoms with Crippen molar-refractivity contribution >= 4 is 5.91 Å². The van der Waals surface area contributed by atoms with Gasteiger partial charge in [-0.1, -0.05) is 0 Å². The minimum Gasteiger partial charge on any atom is -0.383 e. The molecule has 1 aromatic heterocycles. The van der Waals surface area contributed by atoms with E-state index in [2.05, 4.69) is 14.5 Å². The zero-order valence-corrected chi connectivity index (χ0v) is 13.3. The van der Waals surface area contributed by atoms with Crippen LogP contribution < -0.4 is 0 Å². The molecule has 3 rings (SSSR count). The van der Waals surface area contributed by atoms with Gasteiger partial charge in [0.25, 0.3) is 0 Å². The largest absolute Gasteiger partial charge is 0.383 e. The Morgan fingerprint density at radius 2 is 2.32 bits per heavy atom. The van der Waals surface area contributed by atoms with Gasteiger partial charge in [-0.3, -0.25) is 9.69 Å². The summed E-state index contributed by atoms with van der Waals surface area (Å²) < 4.78 is 13.1. The SMILES string of the molecule is COCCn1ccnc1CN1CC[C@]2(C1)CN(C)C(=O)CO2. The summed E-state index contributed by atoms with van der Waals surface area (Å²) in [6.07, 6.45) is 4.79. The van der Waals surface area contributed by atoms with Gasteiger partial charge in [-0.15, -0.1) is 0 Å². The zero-order chi connectivity index (χ0) is 15.6. The molecule has 0 saturated carbocycles. The second-order valence-corrected chi connectivity index (χ2v) is 6.21. The number of amides is 1. The summed E-state index contributed by atoms with van der Waals surface area (Å²) in [6.45, 7) is 5.01. The Morgan fingerprint density at radius 3 is 3.09 bits per heavy atom. The summed E-state index contributed by atoms with van der Waals surface area (Å²) in [4.78, 5) is 20.2. The molecule has 0 N–H and O–H groups in total. The summed E-state index contributed by atoms with van der Waals surface area (Å²) in [7, 11) is 3.56. The lowest BCUT2D eigenvalue weighted by atomic mass is 10.0. The van der Waals surface area contributed by atoms with E-state index in [1.165, 1.54) is 0 Å². The number of methoxy groups -OCH3 is 1. The van der Waals surface area contributed by atoms with Crippen molar-refractivity contribution in [3.8, 4) is 0 Å². The van der Waals surface area contributed by atoms with Crippen molar-refractivity contribution in [2.75, 3.05) is 47.0 Å². The van der Waals surface area contributed by atoms with Crippen LogP contribution in [0.25, 0.3) is 0 Å². The molecule has 7 heteroatoms. The van der Waals surface area contributed by atoms with Crippen molar-refractivity contribution in [3.05, 3.63) is 18.2 Å². The third-order valence-electron chi connectivity index (χ3n) is 4.55. The number of hydrogen-bond donors (Lipinski definition) is 0. The van der Waals surface area contributed by atoms with Crippen LogP contribution in [0.2, 0.25) is 0 Å². The molecule has 1 amide bonds. The third-order valence-corrected chi connectivity index (χ3v) is 4.55. The fraction of sp³-hybridized carbons (Fsp3) is 0.733. The summed E-state index contributed by atoms with van der Waals surface area (Å²) in [5.41, 5.74) is -0.202. The molecular weight excluding hydrogens is 284 g/mol. The van der Waals surface area contributed by atoms with Crippen LogP contribution in [-0.4, -0.2) is 77.9 Å². The van der Waals surface area contributed by atoms with Crippen molar-refractivity contribution in [3.63, 3.8) is 0 Å².